The molecule has 0 bridgehead atoms. The van der Waals surface area contributed by atoms with Gasteiger partial charge in [-0.2, -0.15) is 0 Å². The zero-order valence-corrected chi connectivity index (χ0v) is 12.6. The van der Waals surface area contributed by atoms with Crippen LogP contribution in [0.5, 0.6) is 5.75 Å². The van der Waals surface area contributed by atoms with Gasteiger partial charge in [-0.1, -0.05) is 11.2 Å². The number of methoxy groups -OCH3 is 2. The maximum absolute atomic E-state index is 8.86. The minimum absolute atomic E-state index is 0.0624. The highest BCUT2D eigenvalue weighted by atomic mass is 16.5. The standard InChI is InChI=1S/C15H23N3O3/c1-20-10-12-5-6-18(9-12)8-11-3-4-14(21-2)13(7-11)15(16)17-19/h3-4,7,12,19H,5-6,8-10H2,1-2H3,(H2,16,17). The molecule has 1 aromatic rings. The first kappa shape index (κ1) is 15.6. The number of likely N-dealkylation sites (tertiary alicyclic amines) is 1. The van der Waals surface area contributed by atoms with Gasteiger partial charge in [0, 0.05) is 20.2 Å². The molecule has 1 aromatic carbocycles. The summed E-state index contributed by atoms with van der Waals surface area (Å²) >= 11 is 0. The van der Waals surface area contributed by atoms with Gasteiger partial charge >= 0.3 is 0 Å². The molecule has 3 N–H and O–H groups in total. The molecule has 2 rings (SSSR count). The van der Waals surface area contributed by atoms with Crippen LogP contribution in [0.25, 0.3) is 0 Å². The quantitative estimate of drug-likeness (QED) is 0.357. The fraction of sp³-hybridized carbons (Fsp3) is 0.533. The molecule has 21 heavy (non-hydrogen) atoms. The summed E-state index contributed by atoms with van der Waals surface area (Å²) < 4.78 is 10.5. The Labute approximate surface area is 125 Å². The maximum atomic E-state index is 8.86. The number of nitrogens with two attached hydrogens (primary N) is 1. The SMILES string of the molecule is COCC1CCN(Cc2ccc(OC)c(C(N)=NO)c2)C1. The van der Waals surface area contributed by atoms with Gasteiger partial charge in [0.25, 0.3) is 0 Å². The second-order valence-electron chi connectivity index (χ2n) is 5.37. The number of benzene rings is 1. The first-order valence-corrected chi connectivity index (χ1v) is 7.04. The van der Waals surface area contributed by atoms with E-state index in [-0.39, 0.29) is 5.84 Å². The molecule has 1 heterocycles. The number of rotatable bonds is 6. The van der Waals surface area contributed by atoms with Crippen LogP contribution in [0.1, 0.15) is 17.5 Å². The van der Waals surface area contributed by atoms with Gasteiger partial charge in [0.2, 0.25) is 0 Å². The van der Waals surface area contributed by atoms with Crippen LogP contribution in [0.3, 0.4) is 0 Å². The Morgan fingerprint density at radius 3 is 2.95 bits per heavy atom. The van der Waals surface area contributed by atoms with E-state index >= 15 is 0 Å². The van der Waals surface area contributed by atoms with Crippen LogP contribution in [0.2, 0.25) is 0 Å². The molecule has 1 atom stereocenters. The topological polar surface area (TPSA) is 80.3 Å². The van der Waals surface area contributed by atoms with Crippen LogP contribution in [0, 0.1) is 5.92 Å². The van der Waals surface area contributed by atoms with Gasteiger partial charge in [0.1, 0.15) is 5.75 Å². The normalized spacial score (nSPS) is 19.9. The van der Waals surface area contributed by atoms with Gasteiger partial charge in [0.05, 0.1) is 19.3 Å². The predicted octanol–water partition coefficient (Wildman–Crippen LogP) is 1.26. The number of oxime groups is 1. The van der Waals surface area contributed by atoms with Gasteiger partial charge in [-0.25, -0.2) is 0 Å². The van der Waals surface area contributed by atoms with Gasteiger partial charge in [-0.15, -0.1) is 0 Å². The van der Waals surface area contributed by atoms with Crippen LogP contribution in [-0.2, 0) is 11.3 Å². The third kappa shape index (κ3) is 3.86. The van der Waals surface area contributed by atoms with Gasteiger partial charge in [-0.3, -0.25) is 4.90 Å². The molecule has 0 radical (unpaired) electrons. The van der Waals surface area contributed by atoms with Gasteiger partial charge in [0.15, 0.2) is 5.84 Å². The third-order valence-electron chi connectivity index (χ3n) is 3.83. The average molecular weight is 293 g/mol. The molecule has 0 spiro atoms. The summed E-state index contributed by atoms with van der Waals surface area (Å²) in [4.78, 5) is 2.39. The first-order chi connectivity index (χ1) is 10.2. The van der Waals surface area contributed by atoms with E-state index in [0.717, 1.165) is 38.2 Å². The zero-order chi connectivity index (χ0) is 15.2. The number of ether oxygens (including phenoxy) is 2. The lowest BCUT2D eigenvalue weighted by Crippen LogP contribution is -2.22. The first-order valence-electron chi connectivity index (χ1n) is 7.04. The number of amidine groups is 1. The van der Waals surface area contributed by atoms with Crippen LogP contribution >= 0.6 is 0 Å². The maximum Gasteiger partial charge on any atom is 0.173 e. The van der Waals surface area contributed by atoms with E-state index in [1.165, 1.54) is 0 Å². The second kappa shape index (κ2) is 7.28. The van der Waals surface area contributed by atoms with E-state index in [9.17, 15) is 0 Å². The monoisotopic (exact) mass is 293 g/mol. The summed E-state index contributed by atoms with van der Waals surface area (Å²) in [5.74, 6) is 1.27. The van der Waals surface area contributed by atoms with Crippen molar-refractivity contribution in [1.82, 2.24) is 4.90 Å². The van der Waals surface area contributed by atoms with Crippen molar-refractivity contribution >= 4 is 5.84 Å². The van der Waals surface area contributed by atoms with Crippen LogP contribution in [0.4, 0.5) is 0 Å². The summed E-state index contributed by atoms with van der Waals surface area (Å²) in [5, 5.41) is 11.9. The molecule has 1 fully saturated rings. The number of hydrogen-bond donors (Lipinski definition) is 2. The molecule has 1 unspecified atom stereocenters. The molecule has 0 saturated carbocycles. The van der Waals surface area contributed by atoms with E-state index in [4.69, 9.17) is 20.4 Å². The predicted molar refractivity (Wildman–Crippen MR) is 80.8 cm³/mol. The van der Waals surface area contributed by atoms with Crippen molar-refractivity contribution in [3.05, 3.63) is 29.3 Å². The van der Waals surface area contributed by atoms with Crippen molar-refractivity contribution in [2.75, 3.05) is 33.9 Å². The Balaban J connectivity index is 2.07. The lowest BCUT2D eigenvalue weighted by atomic mass is 10.1. The van der Waals surface area contributed by atoms with Crippen molar-refractivity contribution in [1.29, 1.82) is 0 Å². The lowest BCUT2D eigenvalue weighted by molar-refractivity contribution is 0.152. The van der Waals surface area contributed by atoms with Crippen LogP contribution in [0.15, 0.2) is 23.4 Å². The smallest absolute Gasteiger partial charge is 0.173 e. The minimum Gasteiger partial charge on any atom is -0.496 e. The summed E-state index contributed by atoms with van der Waals surface area (Å²) in [6.45, 7) is 3.77. The van der Waals surface area contributed by atoms with Crippen molar-refractivity contribution in [2.45, 2.75) is 13.0 Å². The molecule has 0 aromatic heterocycles. The highest BCUT2D eigenvalue weighted by Gasteiger charge is 2.22. The fourth-order valence-corrected chi connectivity index (χ4v) is 2.79. The summed E-state index contributed by atoms with van der Waals surface area (Å²) in [5.41, 5.74) is 7.44. The van der Waals surface area contributed by atoms with Crippen LogP contribution in [-0.4, -0.2) is 49.9 Å². The zero-order valence-electron chi connectivity index (χ0n) is 12.6. The Bertz CT molecular complexity index is 505. The van der Waals surface area contributed by atoms with E-state index in [0.29, 0.717) is 17.2 Å². The molecule has 6 nitrogen and oxygen atoms in total. The number of nitrogens with zero attached hydrogens (tertiary/aromatic N) is 2. The molecular weight excluding hydrogens is 270 g/mol. The third-order valence-corrected chi connectivity index (χ3v) is 3.83. The van der Waals surface area contributed by atoms with Gasteiger partial charge in [-0.05, 0) is 36.6 Å². The lowest BCUT2D eigenvalue weighted by Gasteiger charge is -2.17. The molecule has 1 aliphatic heterocycles. The molecule has 1 saturated heterocycles. The van der Waals surface area contributed by atoms with Crippen molar-refractivity contribution in [3.63, 3.8) is 0 Å². The Morgan fingerprint density at radius 2 is 2.29 bits per heavy atom. The van der Waals surface area contributed by atoms with E-state index in [1.54, 1.807) is 14.2 Å². The molecule has 116 valence electrons. The molecule has 1 aliphatic rings. The molecule has 0 amide bonds. The van der Waals surface area contributed by atoms with E-state index in [1.807, 2.05) is 18.2 Å². The van der Waals surface area contributed by atoms with Crippen molar-refractivity contribution in [2.24, 2.45) is 16.8 Å². The van der Waals surface area contributed by atoms with Crippen LogP contribution < -0.4 is 10.5 Å². The Kier molecular flexibility index (Phi) is 5.41. The largest absolute Gasteiger partial charge is 0.496 e. The summed E-state index contributed by atoms with van der Waals surface area (Å²) in [7, 11) is 3.31. The summed E-state index contributed by atoms with van der Waals surface area (Å²) in [6, 6.07) is 5.78. The van der Waals surface area contributed by atoms with Gasteiger partial charge < -0.3 is 20.4 Å². The van der Waals surface area contributed by atoms with E-state index < -0.39 is 0 Å². The van der Waals surface area contributed by atoms with Crippen molar-refractivity contribution < 1.29 is 14.7 Å². The van der Waals surface area contributed by atoms with E-state index in [2.05, 4.69) is 10.1 Å². The molecule has 6 heteroatoms. The molecular formula is C15H23N3O3. The Morgan fingerprint density at radius 1 is 1.48 bits per heavy atom. The molecule has 0 aliphatic carbocycles. The number of hydrogen-bond acceptors (Lipinski definition) is 5. The average Bonchev–Trinajstić information content (AvgIpc) is 2.94. The second-order valence-corrected chi connectivity index (χ2v) is 5.37. The van der Waals surface area contributed by atoms with Crippen molar-refractivity contribution in [3.8, 4) is 5.75 Å². The highest BCUT2D eigenvalue weighted by Crippen LogP contribution is 2.23. The Hall–Kier alpha value is -1.79. The fourth-order valence-electron chi connectivity index (χ4n) is 2.79. The summed E-state index contributed by atoms with van der Waals surface area (Å²) in [6.07, 6.45) is 1.16. The minimum atomic E-state index is 0.0624. The highest BCUT2D eigenvalue weighted by molar-refractivity contribution is 5.99.